The molecule has 0 fully saturated rings. The van der Waals surface area contributed by atoms with E-state index in [1.165, 1.54) is 0 Å². The summed E-state index contributed by atoms with van der Waals surface area (Å²) in [6.07, 6.45) is 0. The van der Waals surface area contributed by atoms with Crippen molar-refractivity contribution < 1.29 is 0 Å². The van der Waals surface area contributed by atoms with E-state index in [2.05, 4.69) is 49.4 Å². The Bertz CT molecular complexity index is 63.5. The molecule has 0 N–H and O–H groups in total. The van der Waals surface area contributed by atoms with Crippen LogP contribution in [0.3, 0.4) is 0 Å². The average Bonchev–Trinajstić information content (AvgIpc) is 1.25. The Labute approximate surface area is 61.8 Å². The molecular formula is C6H15BrSi. The summed E-state index contributed by atoms with van der Waals surface area (Å²) in [5, 5.41) is 0. The van der Waals surface area contributed by atoms with Crippen LogP contribution in [0.5, 0.6) is 0 Å². The van der Waals surface area contributed by atoms with Crippen molar-refractivity contribution in [1.82, 2.24) is 0 Å². The molecule has 0 unspecified atom stereocenters. The molecule has 0 spiro atoms. The molecule has 0 aromatic rings. The molecule has 0 nitrogen and oxygen atoms in total. The molecule has 0 aliphatic rings. The van der Waals surface area contributed by atoms with Crippen LogP contribution in [0.1, 0.15) is 13.8 Å². The Balaban J connectivity index is 4.02. The van der Waals surface area contributed by atoms with E-state index in [9.17, 15) is 0 Å². The van der Waals surface area contributed by atoms with Crippen LogP contribution in [0.15, 0.2) is 0 Å². The minimum absolute atomic E-state index is 0.389. The van der Waals surface area contributed by atoms with Gasteiger partial charge < -0.3 is 0 Å². The molecule has 0 heterocycles. The first-order chi connectivity index (χ1) is 3.25. The van der Waals surface area contributed by atoms with E-state index >= 15 is 0 Å². The minimum atomic E-state index is -0.942. The number of halogens is 1. The molecule has 0 saturated carbocycles. The van der Waals surface area contributed by atoms with Gasteiger partial charge in [0.05, 0.1) is 8.07 Å². The lowest BCUT2D eigenvalue weighted by Gasteiger charge is -2.30. The van der Waals surface area contributed by atoms with Gasteiger partial charge in [-0.3, -0.25) is 0 Å². The van der Waals surface area contributed by atoms with Gasteiger partial charge in [-0.05, 0) is 0 Å². The van der Waals surface area contributed by atoms with E-state index in [0.29, 0.717) is 3.95 Å². The Morgan fingerprint density at radius 3 is 1.25 bits per heavy atom. The third kappa shape index (κ3) is 2.31. The molecule has 0 aliphatic heterocycles. The van der Waals surface area contributed by atoms with Gasteiger partial charge in [0.2, 0.25) is 0 Å². The van der Waals surface area contributed by atoms with Crippen LogP contribution in [0.25, 0.3) is 0 Å². The molecule has 0 bridgehead atoms. The monoisotopic (exact) mass is 194 g/mol. The molecule has 2 heteroatoms. The van der Waals surface area contributed by atoms with E-state index in [1.54, 1.807) is 0 Å². The summed E-state index contributed by atoms with van der Waals surface area (Å²) in [6, 6.07) is 0. The summed E-state index contributed by atoms with van der Waals surface area (Å²) >= 11 is 3.66. The molecule has 50 valence electrons. The molecule has 0 atom stereocenters. The topological polar surface area (TPSA) is 0 Å². The maximum absolute atomic E-state index is 3.66. The zero-order valence-corrected chi connectivity index (χ0v) is 8.96. The zero-order valence-electron chi connectivity index (χ0n) is 6.38. The standard InChI is InChI=1S/C6H15BrSi/c1-6(2,7)8(3,4)5/h1-5H3. The lowest BCUT2D eigenvalue weighted by Crippen LogP contribution is -2.41. The molecule has 0 saturated heterocycles. The SMILES string of the molecule is CC(C)(Br)[Si](C)(C)C. The summed E-state index contributed by atoms with van der Waals surface area (Å²) in [6.45, 7) is 11.6. The number of rotatable bonds is 1. The Morgan fingerprint density at radius 1 is 1.12 bits per heavy atom. The molecule has 0 aromatic carbocycles. The number of hydrogen-bond acceptors (Lipinski definition) is 0. The summed E-state index contributed by atoms with van der Waals surface area (Å²) < 4.78 is 0.389. The highest BCUT2D eigenvalue weighted by molar-refractivity contribution is 9.10. The van der Waals surface area contributed by atoms with Crippen molar-refractivity contribution >= 4 is 24.0 Å². The van der Waals surface area contributed by atoms with Crippen molar-refractivity contribution in [3.05, 3.63) is 0 Å². The van der Waals surface area contributed by atoms with Gasteiger partial charge in [-0.25, -0.2) is 0 Å². The first kappa shape index (κ1) is 8.70. The van der Waals surface area contributed by atoms with Crippen molar-refractivity contribution in [3.63, 3.8) is 0 Å². The van der Waals surface area contributed by atoms with Crippen LogP contribution < -0.4 is 0 Å². The van der Waals surface area contributed by atoms with E-state index in [-0.39, 0.29) is 0 Å². The minimum Gasteiger partial charge on any atom is -0.0895 e. The van der Waals surface area contributed by atoms with E-state index in [0.717, 1.165) is 0 Å². The molecule has 0 rings (SSSR count). The third-order valence-corrected chi connectivity index (χ3v) is 8.92. The smallest absolute Gasteiger partial charge is 0.0627 e. The molecule has 8 heavy (non-hydrogen) atoms. The summed E-state index contributed by atoms with van der Waals surface area (Å²) in [7, 11) is -0.942. The van der Waals surface area contributed by atoms with Crippen molar-refractivity contribution in [2.45, 2.75) is 37.4 Å². The second-order valence-electron chi connectivity index (χ2n) is 3.72. The predicted octanol–water partition coefficient (Wildman–Crippen LogP) is 3.04. The molecule has 0 aliphatic carbocycles. The zero-order chi connectivity index (χ0) is 7.00. The first-order valence-electron chi connectivity index (χ1n) is 2.94. The number of hydrogen-bond donors (Lipinski definition) is 0. The van der Waals surface area contributed by atoms with Crippen molar-refractivity contribution in [2.75, 3.05) is 0 Å². The fourth-order valence-corrected chi connectivity index (χ4v) is 0. The highest BCUT2D eigenvalue weighted by Crippen LogP contribution is 2.28. The van der Waals surface area contributed by atoms with Gasteiger partial charge >= 0.3 is 0 Å². The molecule has 0 amide bonds. The van der Waals surface area contributed by atoms with Gasteiger partial charge in [0, 0.05) is 3.95 Å². The van der Waals surface area contributed by atoms with E-state index in [1.807, 2.05) is 0 Å². The maximum atomic E-state index is 3.66. The second-order valence-corrected chi connectivity index (χ2v) is 12.2. The largest absolute Gasteiger partial charge is 0.0895 e. The highest BCUT2D eigenvalue weighted by atomic mass is 79.9. The van der Waals surface area contributed by atoms with Crippen LogP contribution >= 0.6 is 15.9 Å². The first-order valence-corrected chi connectivity index (χ1v) is 7.23. The van der Waals surface area contributed by atoms with Gasteiger partial charge in [-0.1, -0.05) is 49.4 Å². The lowest BCUT2D eigenvalue weighted by molar-refractivity contribution is 0.972. The van der Waals surface area contributed by atoms with E-state index < -0.39 is 8.07 Å². The summed E-state index contributed by atoms with van der Waals surface area (Å²) in [4.78, 5) is 0. The molecule has 0 radical (unpaired) electrons. The van der Waals surface area contributed by atoms with Gasteiger partial charge in [-0.15, -0.1) is 0 Å². The predicted molar refractivity (Wildman–Crippen MR) is 46.4 cm³/mol. The van der Waals surface area contributed by atoms with Gasteiger partial charge in [-0.2, -0.15) is 0 Å². The third-order valence-electron chi connectivity index (χ3n) is 1.78. The van der Waals surface area contributed by atoms with Crippen molar-refractivity contribution in [3.8, 4) is 0 Å². The van der Waals surface area contributed by atoms with Gasteiger partial charge in [0.1, 0.15) is 0 Å². The van der Waals surface area contributed by atoms with Crippen LogP contribution in [0.2, 0.25) is 19.6 Å². The second kappa shape index (κ2) is 2.14. The van der Waals surface area contributed by atoms with Crippen LogP contribution in [0.4, 0.5) is 0 Å². The Kier molecular flexibility index (Phi) is 2.33. The molecular weight excluding hydrogens is 180 g/mol. The normalized spacial score (nSPS) is 14.2. The van der Waals surface area contributed by atoms with Crippen molar-refractivity contribution in [1.29, 1.82) is 0 Å². The Hall–Kier alpha value is 0.697. The molecule has 0 aromatic heterocycles. The lowest BCUT2D eigenvalue weighted by atomic mass is 10.6. The van der Waals surface area contributed by atoms with Gasteiger partial charge in [0.25, 0.3) is 0 Å². The summed E-state index contributed by atoms with van der Waals surface area (Å²) in [5.74, 6) is 0. The van der Waals surface area contributed by atoms with Crippen LogP contribution in [-0.2, 0) is 0 Å². The number of alkyl halides is 1. The maximum Gasteiger partial charge on any atom is 0.0627 e. The Morgan fingerprint density at radius 2 is 1.25 bits per heavy atom. The highest BCUT2D eigenvalue weighted by Gasteiger charge is 2.31. The van der Waals surface area contributed by atoms with Crippen molar-refractivity contribution in [2.24, 2.45) is 0 Å². The fraction of sp³-hybridized carbons (Fsp3) is 1.00. The average molecular weight is 195 g/mol. The van der Waals surface area contributed by atoms with E-state index in [4.69, 9.17) is 0 Å². The quantitative estimate of drug-likeness (QED) is 0.445. The van der Waals surface area contributed by atoms with Gasteiger partial charge in [0.15, 0.2) is 0 Å². The van der Waals surface area contributed by atoms with Crippen LogP contribution in [0, 0.1) is 0 Å². The summed E-state index contributed by atoms with van der Waals surface area (Å²) in [5.41, 5.74) is 0. The fourth-order valence-electron chi connectivity index (χ4n) is 0. The van der Waals surface area contributed by atoms with Crippen LogP contribution in [-0.4, -0.2) is 12.0 Å².